The van der Waals surface area contributed by atoms with Crippen LogP contribution >= 0.6 is 0 Å². The molecule has 1 rings (SSSR count). The van der Waals surface area contributed by atoms with Gasteiger partial charge in [-0.25, -0.2) is 0 Å². The molecule has 0 aliphatic heterocycles. The number of nitrogens with zero attached hydrogens (tertiary/aromatic N) is 2. The van der Waals surface area contributed by atoms with Gasteiger partial charge in [0.2, 0.25) is 0 Å². The maximum atomic E-state index is 12.4. The molecule has 0 fully saturated rings. The van der Waals surface area contributed by atoms with Crippen molar-refractivity contribution in [2.24, 2.45) is 0 Å². The van der Waals surface area contributed by atoms with Crippen molar-refractivity contribution < 1.29 is 9.59 Å². The third kappa shape index (κ3) is 8.56. The largest absolute Gasteiger partial charge is 0.309 e. The van der Waals surface area contributed by atoms with Crippen LogP contribution < -0.4 is 0 Å². The van der Waals surface area contributed by atoms with E-state index in [1.807, 2.05) is 80.5 Å². The van der Waals surface area contributed by atoms with Gasteiger partial charge in [-0.1, -0.05) is 48.6 Å². The molecule has 0 radical (unpaired) electrons. The van der Waals surface area contributed by atoms with E-state index in [-0.39, 0.29) is 18.0 Å². The van der Waals surface area contributed by atoms with Crippen LogP contribution in [-0.4, -0.2) is 62.6 Å². The number of rotatable bonds is 10. The standard InChI is InChI=1S/C20H28N2O2/c1-21(2)14-13-20(24)18(15-19(23)16-22(3)4)12-8-11-17-9-6-5-7-10-17/h5-12H,13-16H2,1-4H3. The maximum absolute atomic E-state index is 12.4. The monoisotopic (exact) mass is 328 g/mol. The first-order chi connectivity index (χ1) is 11.4. The Hall–Kier alpha value is -2.04. The lowest BCUT2D eigenvalue weighted by molar-refractivity contribution is -0.121. The molecular weight excluding hydrogens is 300 g/mol. The van der Waals surface area contributed by atoms with E-state index in [1.54, 1.807) is 6.08 Å². The van der Waals surface area contributed by atoms with Crippen molar-refractivity contribution in [3.05, 3.63) is 53.6 Å². The summed E-state index contributed by atoms with van der Waals surface area (Å²) in [5.74, 6) is 0.0890. The normalized spacial score (nSPS) is 12.3. The van der Waals surface area contributed by atoms with Crippen LogP contribution in [0.5, 0.6) is 0 Å². The van der Waals surface area contributed by atoms with Gasteiger partial charge in [-0.2, -0.15) is 0 Å². The Kier molecular flexibility index (Phi) is 8.90. The van der Waals surface area contributed by atoms with Crippen LogP contribution in [0, 0.1) is 0 Å². The second kappa shape index (κ2) is 10.7. The molecule has 0 aliphatic carbocycles. The SMILES string of the molecule is CN(C)CCC(=O)C(=CC=Cc1ccccc1)CC(=O)CN(C)C. The van der Waals surface area contributed by atoms with E-state index in [9.17, 15) is 9.59 Å². The highest BCUT2D eigenvalue weighted by molar-refractivity contribution is 6.01. The number of hydrogen-bond donors (Lipinski definition) is 0. The molecule has 0 saturated carbocycles. The fraction of sp³-hybridized carbons (Fsp3) is 0.400. The molecular formula is C20H28N2O2. The molecule has 0 N–H and O–H groups in total. The van der Waals surface area contributed by atoms with Gasteiger partial charge < -0.3 is 9.80 Å². The van der Waals surface area contributed by atoms with E-state index in [1.165, 1.54) is 0 Å². The summed E-state index contributed by atoms with van der Waals surface area (Å²) in [6.07, 6.45) is 6.17. The van der Waals surface area contributed by atoms with E-state index in [0.717, 1.165) is 5.56 Å². The Morgan fingerprint density at radius 1 is 1.00 bits per heavy atom. The van der Waals surface area contributed by atoms with Crippen LogP contribution in [0.25, 0.3) is 6.08 Å². The zero-order valence-electron chi connectivity index (χ0n) is 15.2. The van der Waals surface area contributed by atoms with E-state index >= 15 is 0 Å². The van der Waals surface area contributed by atoms with E-state index < -0.39 is 0 Å². The molecule has 130 valence electrons. The van der Waals surface area contributed by atoms with Gasteiger partial charge in [-0.3, -0.25) is 9.59 Å². The van der Waals surface area contributed by atoms with Gasteiger partial charge in [-0.15, -0.1) is 0 Å². The Bertz CT molecular complexity index is 587. The number of carbonyl (C=O) groups excluding carboxylic acids is 2. The number of benzene rings is 1. The summed E-state index contributed by atoms with van der Waals surface area (Å²) in [4.78, 5) is 28.3. The lowest BCUT2D eigenvalue weighted by Gasteiger charge is -2.12. The summed E-state index contributed by atoms with van der Waals surface area (Å²) in [6, 6.07) is 9.88. The zero-order valence-corrected chi connectivity index (χ0v) is 15.2. The van der Waals surface area contributed by atoms with Crippen LogP contribution in [0.1, 0.15) is 18.4 Å². The Morgan fingerprint density at radius 3 is 2.25 bits per heavy atom. The molecule has 0 spiro atoms. The summed E-state index contributed by atoms with van der Waals surface area (Å²) in [7, 11) is 7.57. The van der Waals surface area contributed by atoms with Gasteiger partial charge in [0, 0.05) is 25.0 Å². The maximum Gasteiger partial charge on any atom is 0.160 e. The Balaban J connectivity index is 2.82. The number of Topliss-reactive ketones (excluding diaryl/α,β-unsaturated/α-hetero) is 2. The fourth-order valence-electron chi connectivity index (χ4n) is 2.20. The molecule has 0 amide bonds. The van der Waals surface area contributed by atoms with Crippen LogP contribution in [-0.2, 0) is 9.59 Å². The van der Waals surface area contributed by atoms with Gasteiger partial charge in [0.1, 0.15) is 0 Å². The van der Waals surface area contributed by atoms with Crippen molar-refractivity contribution in [1.82, 2.24) is 9.80 Å². The minimum atomic E-state index is 0.0357. The highest BCUT2D eigenvalue weighted by atomic mass is 16.1. The lowest BCUT2D eigenvalue weighted by Crippen LogP contribution is -2.24. The number of allylic oxidation sites excluding steroid dienone is 3. The summed E-state index contributed by atoms with van der Waals surface area (Å²) >= 11 is 0. The molecule has 0 saturated heterocycles. The van der Waals surface area contributed by atoms with Gasteiger partial charge in [-0.05, 0) is 33.8 Å². The minimum Gasteiger partial charge on any atom is -0.309 e. The Morgan fingerprint density at radius 2 is 1.67 bits per heavy atom. The molecule has 0 aliphatic rings. The third-order valence-corrected chi connectivity index (χ3v) is 3.41. The van der Waals surface area contributed by atoms with Crippen molar-refractivity contribution >= 4 is 17.6 Å². The molecule has 24 heavy (non-hydrogen) atoms. The van der Waals surface area contributed by atoms with E-state index in [2.05, 4.69) is 0 Å². The second-order valence-electron chi connectivity index (χ2n) is 6.39. The van der Waals surface area contributed by atoms with E-state index in [0.29, 0.717) is 25.1 Å². The van der Waals surface area contributed by atoms with Crippen molar-refractivity contribution in [2.75, 3.05) is 41.3 Å². The van der Waals surface area contributed by atoms with Crippen LogP contribution in [0.2, 0.25) is 0 Å². The Labute approximate surface area is 145 Å². The van der Waals surface area contributed by atoms with Gasteiger partial charge in [0.25, 0.3) is 0 Å². The quantitative estimate of drug-likeness (QED) is 0.489. The van der Waals surface area contributed by atoms with Crippen molar-refractivity contribution in [3.8, 4) is 0 Å². The molecule has 4 nitrogen and oxygen atoms in total. The van der Waals surface area contributed by atoms with Gasteiger partial charge in [0.05, 0.1) is 6.54 Å². The molecule has 1 aromatic carbocycles. The molecule has 0 aromatic heterocycles. The minimum absolute atomic E-state index is 0.0357. The molecule has 0 atom stereocenters. The first-order valence-electron chi connectivity index (χ1n) is 8.15. The number of carbonyl (C=O) groups is 2. The van der Waals surface area contributed by atoms with Crippen molar-refractivity contribution in [2.45, 2.75) is 12.8 Å². The smallest absolute Gasteiger partial charge is 0.160 e. The fourth-order valence-corrected chi connectivity index (χ4v) is 2.20. The summed E-state index contributed by atoms with van der Waals surface area (Å²) in [5.41, 5.74) is 1.64. The topological polar surface area (TPSA) is 40.6 Å². The average Bonchev–Trinajstić information content (AvgIpc) is 2.52. The van der Waals surface area contributed by atoms with Crippen LogP contribution in [0.4, 0.5) is 0 Å². The predicted molar refractivity (Wildman–Crippen MR) is 99.9 cm³/mol. The molecule has 4 heteroatoms. The number of likely N-dealkylation sites (N-methyl/N-ethyl adjacent to an activating group) is 1. The molecule has 0 heterocycles. The summed E-state index contributed by atoms with van der Waals surface area (Å²) in [5, 5.41) is 0. The number of hydrogen-bond acceptors (Lipinski definition) is 4. The molecule has 1 aromatic rings. The molecule has 0 bridgehead atoms. The highest BCUT2D eigenvalue weighted by Gasteiger charge is 2.14. The number of ketones is 2. The van der Waals surface area contributed by atoms with Gasteiger partial charge in [0.15, 0.2) is 11.6 Å². The first kappa shape index (κ1) is 20.0. The van der Waals surface area contributed by atoms with Crippen LogP contribution in [0.15, 0.2) is 48.1 Å². The zero-order chi connectivity index (χ0) is 17.9. The average molecular weight is 328 g/mol. The van der Waals surface area contributed by atoms with Crippen molar-refractivity contribution in [3.63, 3.8) is 0 Å². The second-order valence-corrected chi connectivity index (χ2v) is 6.39. The lowest BCUT2D eigenvalue weighted by atomic mass is 10.0. The summed E-state index contributed by atoms with van der Waals surface area (Å²) in [6.45, 7) is 1.03. The summed E-state index contributed by atoms with van der Waals surface area (Å²) < 4.78 is 0. The van der Waals surface area contributed by atoms with E-state index in [4.69, 9.17) is 0 Å². The third-order valence-electron chi connectivity index (χ3n) is 3.41. The van der Waals surface area contributed by atoms with Crippen LogP contribution in [0.3, 0.4) is 0 Å². The first-order valence-corrected chi connectivity index (χ1v) is 8.15. The highest BCUT2D eigenvalue weighted by Crippen LogP contribution is 2.10. The molecule has 0 unspecified atom stereocenters. The van der Waals surface area contributed by atoms with Crippen molar-refractivity contribution in [1.29, 1.82) is 0 Å². The predicted octanol–water partition coefficient (Wildman–Crippen LogP) is 2.67. The van der Waals surface area contributed by atoms with Gasteiger partial charge >= 0.3 is 0 Å².